The van der Waals surface area contributed by atoms with Gasteiger partial charge in [-0.2, -0.15) is 0 Å². The second kappa shape index (κ2) is 3.06. The molecule has 0 aromatic heterocycles. The molecular weight excluding hydrogens is 176 g/mol. The summed E-state index contributed by atoms with van der Waals surface area (Å²) < 4.78 is 0. The molecule has 1 N–H and O–H groups in total. The van der Waals surface area contributed by atoms with Gasteiger partial charge in [-0.15, -0.1) is 6.58 Å². The van der Waals surface area contributed by atoms with E-state index in [4.69, 9.17) is 0 Å². The molecule has 0 amide bonds. The molecule has 0 aromatic carbocycles. The second-order valence-corrected chi connectivity index (χ2v) is 4.49. The van der Waals surface area contributed by atoms with Crippen LogP contribution in [0.3, 0.4) is 0 Å². The number of ketones is 1. The van der Waals surface area contributed by atoms with E-state index >= 15 is 0 Å². The smallest absolute Gasteiger partial charge is 0.149 e. The van der Waals surface area contributed by atoms with Crippen LogP contribution in [0.4, 0.5) is 0 Å². The van der Waals surface area contributed by atoms with Crippen LogP contribution in [-0.2, 0) is 4.79 Å². The van der Waals surface area contributed by atoms with Crippen molar-refractivity contribution in [2.45, 2.75) is 19.3 Å². The molecule has 0 radical (unpaired) electrons. The Balaban J connectivity index is 2.43. The zero-order valence-electron chi connectivity index (χ0n) is 8.33. The Labute approximate surface area is 84.3 Å². The van der Waals surface area contributed by atoms with Crippen LogP contribution in [0.1, 0.15) is 19.3 Å². The van der Waals surface area contributed by atoms with Gasteiger partial charge in [0.2, 0.25) is 0 Å². The van der Waals surface area contributed by atoms with Crippen molar-refractivity contribution in [2.24, 2.45) is 17.3 Å². The molecule has 0 aromatic rings. The maximum absolute atomic E-state index is 12.1. The molecule has 76 valence electrons. The lowest BCUT2D eigenvalue weighted by Gasteiger charge is -2.36. The lowest BCUT2D eigenvalue weighted by Crippen LogP contribution is -2.42. The topological polar surface area (TPSA) is 37.3 Å². The van der Waals surface area contributed by atoms with E-state index in [-0.39, 0.29) is 24.2 Å². The molecule has 2 nitrogen and oxygen atoms in total. The fourth-order valence-corrected chi connectivity index (χ4v) is 3.01. The van der Waals surface area contributed by atoms with E-state index in [1.165, 1.54) is 0 Å². The van der Waals surface area contributed by atoms with E-state index in [2.05, 4.69) is 13.2 Å². The average Bonchev–Trinajstić information content (AvgIpc) is 2.35. The number of Topliss-reactive ketones (excluding diaryl/α,β-unsaturated/α-hetero) is 1. The molecule has 0 aliphatic heterocycles. The first-order chi connectivity index (χ1) is 6.65. The fraction of sp³-hybridized carbons (Fsp3) is 0.583. The number of carbonyl (C=O) groups is 1. The minimum Gasteiger partial charge on any atom is -0.395 e. The van der Waals surface area contributed by atoms with Crippen molar-refractivity contribution in [3.8, 4) is 0 Å². The summed E-state index contributed by atoms with van der Waals surface area (Å²) in [7, 11) is 0. The molecule has 0 heterocycles. The van der Waals surface area contributed by atoms with Crippen LogP contribution < -0.4 is 0 Å². The highest BCUT2D eigenvalue weighted by molar-refractivity contribution is 5.94. The fourth-order valence-electron chi connectivity index (χ4n) is 3.01. The van der Waals surface area contributed by atoms with Gasteiger partial charge in [-0.25, -0.2) is 0 Å². The first kappa shape index (κ1) is 9.66. The number of hydrogen-bond acceptors (Lipinski definition) is 2. The summed E-state index contributed by atoms with van der Waals surface area (Å²) in [6.07, 6.45) is 4.32. The van der Waals surface area contributed by atoms with Crippen molar-refractivity contribution >= 4 is 5.78 Å². The normalized spacial score (nSPS) is 41.5. The summed E-state index contributed by atoms with van der Waals surface area (Å²) in [4.78, 5) is 12.1. The number of carbonyl (C=O) groups excluding carboxylic acids is 1. The van der Waals surface area contributed by atoms with Crippen LogP contribution in [0.15, 0.2) is 24.8 Å². The van der Waals surface area contributed by atoms with Crippen molar-refractivity contribution in [3.05, 3.63) is 24.8 Å². The summed E-state index contributed by atoms with van der Waals surface area (Å²) in [5.41, 5.74) is 0.440. The van der Waals surface area contributed by atoms with Gasteiger partial charge in [0.15, 0.2) is 0 Å². The summed E-state index contributed by atoms with van der Waals surface area (Å²) in [6, 6.07) is 0. The quantitative estimate of drug-likeness (QED) is 0.676. The maximum Gasteiger partial charge on any atom is 0.149 e. The second-order valence-electron chi connectivity index (χ2n) is 4.49. The van der Waals surface area contributed by atoms with Crippen molar-refractivity contribution in [2.75, 3.05) is 6.61 Å². The third-order valence-electron chi connectivity index (χ3n) is 3.89. The van der Waals surface area contributed by atoms with E-state index in [1.807, 2.05) is 6.08 Å². The number of fused-ring (bicyclic) bond motifs is 2. The van der Waals surface area contributed by atoms with E-state index in [0.717, 1.165) is 18.4 Å². The summed E-state index contributed by atoms with van der Waals surface area (Å²) in [6.45, 7) is 7.65. The van der Waals surface area contributed by atoms with Gasteiger partial charge in [-0.1, -0.05) is 18.2 Å². The van der Waals surface area contributed by atoms with Crippen molar-refractivity contribution in [1.29, 1.82) is 0 Å². The monoisotopic (exact) mass is 192 g/mol. The van der Waals surface area contributed by atoms with Gasteiger partial charge in [-0.05, 0) is 25.2 Å². The number of aliphatic hydroxyl groups excluding tert-OH is 1. The minimum absolute atomic E-state index is 0.0124. The molecule has 0 spiro atoms. The zero-order valence-corrected chi connectivity index (χ0v) is 8.33. The van der Waals surface area contributed by atoms with E-state index in [0.29, 0.717) is 6.42 Å². The Morgan fingerprint density at radius 1 is 1.57 bits per heavy atom. The van der Waals surface area contributed by atoms with Gasteiger partial charge in [0.1, 0.15) is 5.78 Å². The molecule has 2 aliphatic rings. The molecular formula is C12H16O2. The highest BCUT2D eigenvalue weighted by Crippen LogP contribution is 2.53. The lowest BCUT2D eigenvalue weighted by molar-refractivity contribution is -0.136. The third-order valence-corrected chi connectivity index (χ3v) is 3.89. The highest BCUT2D eigenvalue weighted by Gasteiger charge is 2.55. The first-order valence-corrected chi connectivity index (χ1v) is 5.11. The van der Waals surface area contributed by atoms with Crippen LogP contribution in [0.25, 0.3) is 0 Å². The summed E-state index contributed by atoms with van der Waals surface area (Å²) in [5.74, 6) is 0.343. The van der Waals surface area contributed by atoms with Gasteiger partial charge in [-0.3, -0.25) is 4.79 Å². The third kappa shape index (κ3) is 0.976. The number of rotatable bonds is 2. The van der Waals surface area contributed by atoms with Gasteiger partial charge < -0.3 is 5.11 Å². The van der Waals surface area contributed by atoms with Crippen molar-refractivity contribution in [1.82, 2.24) is 0 Å². The Morgan fingerprint density at radius 3 is 2.86 bits per heavy atom. The van der Waals surface area contributed by atoms with Crippen LogP contribution in [0.2, 0.25) is 0 Å². The van der Waals surface area contributed by atoms with Gasteiger partial charge in [0.05, 0.1) is 12.0 Å². The van der Waals surface area contributed by atoms with Crippen molar-refractivity contribution in [3.63, 3.8) is 0 Å². The van der Waals surface area contributed by atoms with E-state index < -0.39 is 5.41 Å². The largest absolute Gasteiger partial charge is 0.395 e. The summed E-state index contributed by atoms with van der Waals surface area (Å²) in [5, 5.41) is 9.45. The molecule has 0 saturated heterocycles. The van der Waals surface area contributed by atoms with Crippen LogP contribution in [0, 0.1) is 17.3 Å². The van der Waals surface area contributed by atoms with E-state index in [9.17, 15) is 9.90 Å². The minimum atomic E-state index is -0.568. The lowest BCUT2D eigenvalue weighted by atomic mass is 9.67. The predicted octanol–water partition coefficient (Wildman–Crippen LogP) is 1.71. The van der Waals surface area contributed by atoms with Crippen LogP contribution >= 0.6 is 0 Å². The Kier molecular flexibility index (Phi) is 2.11. The molecule has 2 saturated carbocycles. The van der Waals surface area contributed by atoms with Gasteiger partial charge in [0.25, 0.3) is 0 Å². The van der Waals surface area contributed by atoms with Crippen molar-refractivity contribution < 1.29 is 9.90 Å². The molecule has 2 aliphatic carbocycles. The summed E-state index contributed by atoms with van der Waals surface area (Å²) >= 11 is 0. The molecule has 2 rings (SSSR count). The zero-order chi connectivity index (χ0) is 10.3. The van der Waals surface area contributed by atoms with Crippen LogP contribution in [0.5, 0.6) is 0 Å². The van der Waals surface area contributed by atoms with Gasteiger partial charge in [0, 0.05) is 5.92 Å². The molecule has 2 bridgehead atoms. The molecule has 2 heteroatoms. The molecule has 14 heavy (non-hydrogen) atoms. The Hall–Kier alpha value is -0.890. The Morgan fingerprint density at radius 2 is 2.29 bits per heavy atom. The highest BCUT2D eigenvalue weighted by atomic mass is 16.3. The number of allylic oxidation sites excluding steroid dienone is 2. The van der Waals surface area contributed by atoms with E-state index in [1.54, 1.807) is 0 Å². The first-order valence-electron chi connectivity index (χ1n) is 5.11. The average molecular weight is 192 g/mol. The number of aliphatic hydroxyl groups is 1. The molecule has 2 fully saturated rings. The van der Waals surface area contributed by atoms with Crippen LogP contribution in [-0.4, -0.2) is 17.5 Å². The Bertz CT molecular complexity index is 305. The SMILES string of the molecule is C=CC1CC[C@H]2C(=C)C[C@]1(CO)C2=O. The predicted molar refractivity (Wildman–Crippen MR) is 54.7 cm³/mol. The molecule has 1 unspecified atom stereocenters. The van der Waals surface area contributed by atoms with Gasteiger partial charge >= 0.3 is 0 Å². The number of hydrogen-bond donors (Lipinski definition) is 1. The molecule has 3 atom stereocenters. The maximum atomic E-state index is 12.1. The standard InChI is InChI=1S/C12H16O2/c1-3-9-4-5-10-8(2)6-12(9,7-13)11(10)14/h3,9-10,13H,1-2,4-7H2/t9?,10-,12+/m0/s1.